The van der Waals surface area contributed by atoms with Gasteiger partial charge >= 0.3 is 0 Å². The van der Waals surface area contributed by atoms with E-state index in [1.165, 1.54) is 0 Å². The molecule has 0 spiro atoms. The zero-order chi connectivity index (χ0) is 21.1. The second kappa shape index (κ2) is 8.79. The van der Waals surface area contributed by atoms with Gasteiger partial charge in [0.15, 0.2) is 11.5 Å². The van der Waals surface area contributed by atoms with Crippen molar-refractivity contribution in [3.05, 3.63) is 75.6 Å². The second-order valence-corrected chi connectivity index (χ2v) is 7.83. The predicted octanol–water partition coefficient (Wildman–Crippen LogP) is 4.29. The van der Waals surface area contributed by atoms with Crippen molar-refractivity contribution in [3.63, 3.8) is 0 Å². The first kappa shape index (κ1) is 20.3. The van der Waals surface area contributed by atoms with Gasteiger partial charge in [-0.15, -0.1) is 0 Å². The number of carbonyl (C=O) groups is 1. The maximum atomic E-state index is 12.7. The molecular weight excluding hydrogens is 402 g/mol. The van der Waals surface area contributed by atoms with Gasteiger partial charge in [-0.3, -0.25) is 9.48 Å². The molecule has 1 aliphatic rings. The minimum absolute atomic E-state index is 0.212. The number of benzene rings is 2. The molecule has 2 heterocycles. The van der Waals surface area contributed by atoms with Crippen molar-refractivity contribution < 1.29 is 14.3 Å². The number of nitrogens with one attached hydrogen (secondary N) is 1. The van der Waals surface area contributed by atoms with Crippen LogP contribution in [0.1, 0.15) is 39.3 Å². The van der Waals surface area contributed by atoms with Crippen molar-refractivity contribution in [2.75, 3.05) is 13.2 Å². The molecule has 1 N–H and O–H groups in total. The minimum Gasteiger partial charge on any atom is -0.489 e. The average molecular weight is 426 g/mol. The van der Waals surface area contributed by atoms with Crippen LogP contribution in [0.5, 0.6) is 11.5 Å². The number of hydrogen-bond donors (Lipinski definition) is 1. The number of amides is 1. The monoisotopic (exact) mass is 425 g/mol. The lowest BCUT2D eigenvalue weighted by Crippen LogP contribution is -2.23. The van der Waals surface area contributed by atoms with Crippen LogP contribution in [-0.4, -0.2) is 28.9 Å². The van der Waals surface area contributed by atoms with E-state index in [4.69, 9.17) is 21.1 Å². The number of nitrogens with zero attached hydrogens (tertiary/aromatic N) is 2. The Morgan fingerprint density at radius 1 is 1.13 bits per heavy atom. The van der Waals surface area contributed by atoms with Gasteiger partial charge in [-0.25, -0.2) is 0 Å². The van der Waals surface area contributed by atoms with E-state index in [0.717, 1.165) is 28.9 Å². The lowest BCUT2D eigenvalue weighted by Gasteiger charge is -2.12. The standard InChI is InChI=1S/C23H24ClN3O3/c1-15-9-16(2)27(26-15)14-18-6-3-5-17(10-18)13-25-23(28)19-11-20(24)22-21(12-19)29-7-4-8-30-22/h3,5-6,9-12H,4,7-8,13-14H2,1-2H3,(H,25,28). The Labute approximate surface area is 180 Å². The molecule has 0 saturated heterocycles. The summed E-state index contributed by atoms with van der Waals surface area (Å²) in [6.07, 6.45) is 0.778. The first-order chi connectivity index (χ1) is 14.5. The fourth-order valence-corrected chi connectivity index (χ4v) is 3.76. The van der Waals surface area contributed by atoms with Gasteiger partial charge in [0.1, 0.15) is 0 Å². The Balaban J connectivity index is 1.43. The van der Waals surface area contributed by atoms with Crippen LogP contribution >= 0.6 is 11.6 Å². The van der Waals surface area contributed by atoms with Gasteiger partial charge in [0.25, 0.3) is 5.91 Å². The number of ether oxygens (including phenoxy) is 2. The van der Waals surface area contributed by atoms with Gasteiger partial charge in [-0.1, -0.05) is 35.9 Å². The number of aromatic nitrogens is 2. The highest BCUT2D eigenvalue weighted by Crippen LogP contribution is 2.37. The Bertz CT molecular complexity index is 1080. The quantitative estimate of drug-likeness (QED) is 0.662. The van der Waals surface area contributed by atoms with E-state index in [2.05, 4.69) is 28.6 Å². The van der Waals surface area contributed by atoms with Crippen molar-refractivity contribution in [1.29, 1.82) is 0 Å². The van der Waals surface area contributed by atoms with Gasteiger partial charge in [0, 0.05) is 24.2 Å². The van der Waals surface area contributed by atoms with Crippen molar-refractivity contribution in [2.45, 2.75) is 33.4 Å². The number of hydrogen-bond acceptors (Lipinski definition) is 4. The number of carbonyl (C=O) groups excluding carboxylic acids is 1. The molecule has 0 atom stereocenters. The molecule has 0 unspecified atom stereocenters. The van der Waals surface area contributed by atoms with E-state index in [9.17, 15) is 4.79 Å². The van der Waals surface area contributed by atoms with E-state index in [1.807, 2.05) is 30.7 Å². The van der Waals surface area contributed by atoms with E-state index in [0.29, 0.717) is 48.4 Å². The number of fused-ring (bicyclic) bond motifs is 1. The van der Waals surface area contributed by atoms with Crippen molar-refractivity contribution in [1.82, 2.24) is 15.1 Å². The van der Waals surface area contributed by atoms with Crippen LogP contribution in [0.3, 0.4) is 0 Å². The topological polar surface area (TPSA) is 65.4 Å². The summed E-state index contributed by atoms with van der Waals surface area (Å²) in [6, 6.07) is 13.5. The molecule has 156 valence electrons. The van der Waals surface area contributed by atoms with Gasteiger partial charge in [-0.2, -0.15) is 5.10 Å². The maximum Gasteiger partial charge on any atom is 0.251 e. The third-order valence-corrected chi connectivity index (χ3v) is 5.23. The molecule has 0 fully saturated rings. The molecule has 2 aromatic carbocycles. The average Bonchev–Trinajstić information content (AvgIpc) is 2.91. The molecule has 1 aliphatic heterocycles. The Morgan fingerprint density at radius 3 is 2.73 bits per heavy atom. The number of halogens is 1. The summed E-state index contributed by atoms with van der Waals surface area (Å²) in [5.74, 6) is 0.802. The van der Waals surface area contributed by atoms with E-state index < -0.39 is 0 Å². The van der Waals surface area contributed by atoms with Crippen LogP contribution in [0.2, 0.25) is 5.02 Å². The third-order valence-electron chi connectivity index (χ3n) is 4.94. The number of rotatable bonds is 5. The predicted molar refractivity (Wildman–Crippen MR) is 115 cm³/mol. The lowest BCUT2D eigenvalue weighted by molar-refractivity contribution is 0.0950. The Morgan fingerprint density at radius 2 is 1.93 bits per heavy atom. The molecule has 0 aliphatic carbocycles. The van der Waals surface area contributed by atoms with Gasteiger partial charge in [-0.05, 0) is 43.2 Å². The summed E-state index contributed by atoms with van der Waals surface area (Å²) in [5, 5.41) is 7.85. The molecular formula is C23H24ClN3O3. The SMILES string of the molecule is Cc1cc(C)n(Cc2cccc(CNC(=O)c3cc(Cl)c4c(c3)OCCCO4)c2)n1. The first-order valence-electron chi connectivity index (χ1n) is 9.96. The molecule has 0 radical (unpaired) electrons. The summed E-state index contributed by atoms with van der Waals surface area (Å²) in [6.45, 7) is 6.23. The summed E-state index contributed by atoms with van der Waals surface area (Å²) >= 11 is 6.30. The highest BCUT2D eigenvalue weighted by molar-refractivity contribution is 6.32. The molecule has 30 heavy (non-hydrogen) atoms. The van der Waals surface area contributed by atoms with Crippen LogP contribution in [-0.2, 0) is 13.1 Å². The van der Waals surface area contributed by atoms with Crippen LogP contribution < -0.4 is 14.8 Å². The van der Waals surface area contributed by atoms with Crippen LogP contribution in [0, 0.1) is 13.8 Å². The van der Waals surface area contributed by atoms with Gasteiger partial charge < -0.3 is 14.8 Å². The molecule has 0 bridgehead atoms. The fourth-order valence-electron chi connectivity index (χ4n) is 3.49. The minimum atomic E-state index is -0.212. The Kier molecular flexibility index (Phi) is 5.95. The lowest BCUT2D eigenvalue weighted by atomic mass is 10.1. The molecule has 1 amide bonds. The van der Waals surface area contributed by atoms with Crippen molar-refractivity contribution in [2.24, 2.45) is 0 Å². The van der Waals surface area contributed by atoms with Crippen LogP contribution in [0.4, 0.5) is 0 Å². The first-order valence-corrected chi connectivity index (χ1v) is 10.3. The summed E-state index contributed by atoms with van der Waals surface area (Å²) < 4.78 is 13.3. The molecule has 7 heteroatoms. The fraction of sp³-hybridized carbons (Fsp3) is 0.304. The second-order valence-electron chi connectivity index (χ2n) is 7.42. The van der Waals surface area contributed by atoms with Gasteiger partial charge in [0.05, 0.1) is 30.5 Å². The maximum absolute atomic E-state index is 12.7. The third kappa shape index (κ3) is 4.60. The van der Waals surface area contributed by atoms with E-state index in [1.54, 1.807) is 12.1 Å². The summed E-state index contributed by atoms with van der Waals surface area (Å²) in [7, 11) is 0. The van der Waals surface area contributed by atoms with Crippen molar-refractivity contribution >= 4 is 17.5 Å². The Hall–Kier alpha value is -2.99. The smallest absolute Gasteiger partial charge is 0.251 e. The van der Waals surface area contributed by atoms with E-state index >= 15 is 0 Å². The zero-order valence-electron chi connectivity index (χ0n) is 17.1. The molecule has 0 saturated carbocycles. The van der Waals surface area contributed by atoms with Crippen LogP contribution in [0.25, 0.3) is 0 Å². The number of aryl methyl sites for hydroxylation is 2. The molecule has 4 rings (SSSR count). The molecule has 3 aromatic rings. The normalized spacial score (nSPS) is 13.0. The molecule has 6 nitrogen and oxygen atoms in total. The van der Waals surface area contributed by atoms with Gasteiger partial charge in [0.2, 0.25) is 0 Å². The highest BCUT2D eigenvalue weighted by atomic mass is 35.5. The summed E-state index contributed by atoms with van der Waals surface area (Å²) in [5.41, 5.74) is 4.72. The largest absolute Gasteiger partial charge is 0.489 e. The van der Waals surface area contributed by atoms with Crippen molar-refractivity contribution in [3.8, 4) is 11.5 Å². The summed E-state index contributed by atoms with van der Waals surface area (Å²) in [4.78, 5) is 12.7. The van der Waals surface area contributed by atoms with Crippen LogP contribution in [0.15, 0.2) is 42.5 Å². The van der Waals surface area contributed by atoms with E-state index in [-0.39, 0.29) is 5.91 Å². The molecule has 1 aromatic heterocycles. The zero-order valence-corrected chi connectivity index (χ0v) is 17.8. The highest BCUT2D eigenvalue weighted by Gasteiger charge is 2.18.